The molecule has 4 N–H and O–H groups in total. The molecule has 2 atom stereocenters. The van der Waals surface area contributed by atoms with E-state index in [4.69, 9.17) is 11.0 Å². The molecule has 0 saturated carbocycles. The minimum atomic E-state index is -1.34. The summed E-state index contributed by atoms with van der Waals surface area (Å²) < 4.78 is 0. The van der Waals surface area contributed by atoms with Gasteiger partial charge in [-0.1, -0.05) is 0 Å². The fourth-order valence-corrected chi connectivity index (χ4v) is 1.36. The molecule has 7 heteroatoms. The molecule has 0 aliphatic rings. The summed E-state index contributed by atoms with van der Waals surface area (Å²) in [7, 11) is 0. The summed E-state index contributed by atoms with van der Waals surface area (Å²) in [5, 5.41) is 37.9. The number of rotatable bonds is 4. The van der Waals surface area contributed by atoms with Gasteiger partial charge in [0.05, 0.1) is 23.5 Å². The van der Waals surface area contributed by atoms with Gasteiger partial charge in [0.2, 0.25) is 0 Å². The lowest BCUT2D eigenvalue weighted by atomic mass is 10.0. The van der Waals surface area contributed by atoms with Crippen LogP contribution in [0.1, 0.15) is 18.1 Å². The van der Waals surface area contributed by atoms with Gasteiger partial charge in [0.25, 0.3) is 5.69 Å². The van der Waals surface area contributed by atoms with Crippen molar-refractivity contribution in [2.75, 3.05) is 5.73 Å². The maximum Gasteiger partial charge on any atom is 0.271 e. The van der Waals surface area contributed by atoms with Crippen molar-refractivity contribution >= 4 is 11.4 Å². The molecule has 1 aromatic carbocycles. The number of aliphatic hydroxyl groups excluding tert-OH is 2. The number of hydrogen-bond acceptors (Lipinski definition) is 6. The van der Waals surface area contributed by atoms with Crippen LogP contribution in [0.5, 0.6) is 0 Å². The molecule has 0 radical (unpaired) electrons. The Morgan fingerprint density at radius 1 is 1.53 bits per heavy atom. The predicted octanol–water partition coefficient (Wildman–Crippen LogP) is 0.485. The SMILES string of the molecule is N#CCC(O)C(O)c1ccc([N+](=O)[O-])cc1N. The van der Waals surface area contributed by atoms with E-state index in [9.17, 15) is 20.3 Å². The zero-order valence-electron chi connectivity index (χ0n) is 8.78. The fourth-order valence-electron chi connectivity index (χ4n) is 1.36. The molecule has 0 spiro atoms. The minimum absolute atomic E-state index is 0.00342. The summed E-state index contributed by atoms with van der Waals surface area (Å²) in [5.74, 6) is 0. The number of hydrogen-bond donors (Lipinski definition) is 3. The van der Waals surface area contributed by atoms with E-state index in [1.54, 1.807) is 6.07 Å². The van der Waals surface area contributed by atoms with Gasteiger partial charge in [-0.3, -0.25) is 10.1 Å². The Morgan fingerprint density at radius 3 is 2.65 bits per heavy atom. The second-order valence-electron chi connectivity index (χ2n) is 3.44. The third-order valence-corrected chi connectivity index (χ3v) is 2.26. The summed E-state index contributed by atoms with van der Waals surface area (Å²) >= 11 is 0. The first-order valence-electron chi connectivity index (χ1n) is 4.74. The first-order chi connectivity index (χ1) is 7.97. The highest BCUT2D eigenvalue weighted by atomic mass is 16.6. The normalized spacial score (nSPS) is 13.7. The minimum Gasteiger partial charge on any atom is -0.398 e. The van der Waals surface area contributed by atoms with Gasteiger partial charge in [0, 0.05) is 23.4 Å². The van der Waals surface area contributed by atoms with Crippen LogP contribution in [0.2, 0.25) is 0 Å². The molecule has 0 aliphatic carbocycles. The molecule has 0 bridgehead atoms. The third kappa shape index (κ3) is 2.90. The molecule has 0 fully saturated rings. The van der Waals surface area contributed by atoms with Crippen molar-refractivity contribution in [2.45, 2.75) is 18.6 Å². The molecule has 0 amide bonds. The molecule has 2 unspecified atom stereocenters. The van der Waals surface area contributed by atoms with Crippen LogP contribution in [0, 0.1) is 21.4 Å². The van der Waals surface area contributed by atoms with Gasteiger partial charge in [0.1, 0.15) is 6.10 Å². The van der Waals surface area contributed by atoms with Gasteiger partial charge in [-0.05, 0) is 6.07 Å². The number of nitriles is 1. The molecule has 1 aromatic rings. The number of nitrogens with zero attached hydrogens (tertiary/aromatic N) is 2. The topological polar surface area (TPSA) is 133 Å². The maximum atomic E-state index is 10.5. The van der Waals surface area contributed by atoms with E-state index in [0.29, 0.717) is 0 Å². The molecule has 0 aromatic heterocycles. The number of anilines is 1. The van der Waals surface area contributed by atoms with E-state index >= 15 is 0 Å². The van der Waals surface area contributed by atoms with E-state index < -0.39 is 17.1 Å². The summed E-state index contributed by atoms with van der Waals surface area (Å²) in [6.45, 7) is 0. The Bertz CT molecular complexity index is 469. The highest BCUT2D eigenvalue weighted by Crippen LogP contribution is 2.27. The van der Waals surface area contributed by atoms with Crippen LogP contribution >= 0.6 is 0 Å². The average Bonchev–Trinajstić information content (AvgIpc) is 2.28. The Hall–Kier alpha value is -2.17. The summed E-state index contributed by atoms with van der Waals surface area (Å²) in [6, 6.07) is 5.24. The quantitative estimate of drug-likeness (QED) is 0.396. The highest BCUT2D eigenvalue weighted by Gasteiger charge is 2.21. The lowest BCUT2D eigenvalue weighted by Gasteiger charge is -2.17. The van der Waals surface area contributed by atoms with Gasteiger partial charge in [-0.15, -0.1) is 0 Å². The van der Waals surface area contributed by atoms with E-state index in [1.807, 2.05) is 0 Å². The number of nitrogens with two attached hydrogens (primary N) is 1. The molecular formula is C10H11N3O4. The van der Waals surface area contributed by atoms with Crippen molar-refractivity contribution < 1.29 is 15.1 Å². The lowest BCUT2D eigenvalue weighted by molar-refractivity contribution is -0.384. The molecule has 0 aliphatic heterocycles. The van der Waals surface area contributed by atoms with Gasteiger partial charge < -0.3 is 15.9 Å². The second-order valence-corrected chi connectivity index (χ2v) is 3.44. The Kier molecular flexibility index (Phi) is 3.98. The predicted molar refractivity (Wildman–Crippen MR) is 58.7 cm³/mol. The fraction of sp³-hybridized carbons (Fsp3) is 0.300. The van der Waals surface area contributed by atoms with Crippen LogP contribution in [-0.2, 0) is 0 Å². The molecule has 0 saturated heterocycles. The number of benzene rings is 1. The lowest BCUT2D eigenvalue weighted by Crippen LogP contribution is -2.18. The van der Waals surface area contributed by atoms with Crippen LogP contribution in [0.15, 0.2) is 18.2 Å². The largest absolute Gasteiger partial charge is 0.398 e. The van der Waals surface area contributed by atoms with E-state index in [1.165, 1.54) is 12.1 Å². The van der Waals surface area contributed by atoms with Gasteiger partial charge in [-0.2, -0.15) is 5.26 Å². The monoisotopic (exact) mass is 237 g/mol. The maximum absolute atomic E-state index is 10.5. The molecule has 90 valence electrons. The van der Waals surface area contributed by atoms with Gasteiger partial charge >= 0.3 is 0 Å². The first-order valence-corrected chi connectivity index (χ1v) is 4.74. The summed E-state index contributed by atoms with van der Waals surface area (Å²) in [4.78, 5) is 9.85. The van der Waals surface area contributed by atoms with Crippen molar-refractivity contribution in [1.82, 2.24) is 0 Å². The summed E-state index contributed by atoms with van der Waals surface area (Å²) in [6.07, 6.45) is -2.86. The molecule has 17 heavy (non-hydrogen) atoms. The Balaban J connectivity index is 3.00. The first kappa shape index (κ1) is 12.9. The van der Waals surface area contributed by atoms with Crippen molar-refractivity contribution in [3.8, 4) is 6.07 Å². The van der Waals surface area contributed by atoms with Crippen molar-refractivity contribution in [2.24, 2.45) is 0 Å². The second kappa shape index (κ2) is 5.25. The average molecular weight is 237 g/mol. The van der Waals surface area contributed by atoms with Crippen molar-refractivity contribution in [1.29, 1.82) is 5.26 Å². The van der Waals surface area contributed by atoms with Crippen LogP contribution in [0.3, 0.4) is 0 Å². The Morgan fingerprint density at radius 2 is 2.18 bits per heavy atom. The zero-order chi connectivity index (χ0) is 13.0. The number of non-ortho nitro benzene ring substituents is 1. The standard InChI is InChI=1S/C10H11N3O4/c11-4-3-9(14)10(15)7-2-1-6(13(16)17)5-8(7)12/h1-2,5,9-10,14-15H,3,12H2. The number of nitrogen functional groups attached to an aromatic ring is 1. The number of nitro benzene ring substituents is 1. The van der Waals surface area contributed by atoms with Gasteiger partial charge in [-0.25, -0.2) is 0 Å². The number of nitro groups is 1. The Labute approximate surface area is 96.9 Å². The van der Waals surface area contributed by atoms with E-state index in [2.05, 4.69) is 0 Å². The highest BCUT2D eigenvalue weighted by molar-refractivity contribution is 5.55. The van der Waals surface area contributed by atoms with Gasteiger partial charge in [0.15, 0.2) is 0 Å². The van der Waals surface area contributed by atoms with Crippen LogP contribution in [0.4, 0.5) is 11.4 Å². The zero-order valence-corrected chi connectivity index (χ0v) is 8.78. The van der Waals surface area contributed by atoms with Crippen molar-refractivity contribution in [3.63, 3.8) is 0 Å². The van der Waals surface area contributed by atoms with E-state index in [0.717, 1.165) is 6.07 Å². The van der Waals surface area contributed by atoms with Crippen molar-refractivity contribution in [3.05, 3.63) is 33.9 Å². The molecular weight excluding hydrogens is 226 g/mol. The van der Waals surface area contributed by atoms with Crippen LogP contribution in [0.25, 0.3) is 0 Å². The molecule has 7 nitrogen and oxygen atoms in total. The van der Waals surface area contributed by atoms with Crippen LogP contribution in [-0.4, -0.2) is 21.2 Å². The van der Waals surface area contributed by atoms with Crippen LogP contribution < -0.4 is 5.73 Å². The summed E-state index contributed by atoms with van der Waals surface area (Å²) in [5.41, 5.74) is 5.50. The number of aliphatic hydroxyl groups is 2. The third-order valence-electron chi connectivity index (χ3n) is 2.26. The van der Waals surface area contributed by atoms with E-state index in [-0.39, 0.29) is 23.4 Å². The molecule has 0 heterocycles. The molecule has 1 rings (SSSR count). The smallest absolute Gasteiger partial charge is 0.271 e.